The number of aliphatic hydroxyl groups excluding tert-OH is 2. The van der Waals surface area contributed by atoms with Gasteiger partial charge in [-0.15, -0.1) is 0 Å². The van der Waals surface area contributed by atoms with Gasteiger partial charge in [-0.1, -0.05) is 6.92 Å². The molecule has 88 valence electrons. The van der Waals surface area contributed by atoms with Gasteiger partial charge in [0.15, 0.2) is 0 Å². The van der Waals surface area contributed by atoms with E-state index in [0.717, 1.165) is 36.9 Å². The predicted octanol–water partition coefficient (Wildman–Crippen LogP) is 2.04. The molecule has 1 saturated heterocycles. The molecule has 0 spiro atoms. The molecule has 0 radical (unpaired) electrons. The minimum Gasteiger partial charge on any atom is -0.393 e. The maximum absolute atomic E-state index is 9.50. The van der Waals surface area contributed by atoms with E-state index < -0.39 is 0 Å². The molecule has 15 heavy (non-hydrogen) atoms. The van der Waals surface area contributed by atoms with Crippen LogP contribution in [0, 0.1) is 11.8 Å². The van der Waals surface area contributed by atoms with E-state index in [0.29, 0.717) is 5.92 Å². The second-order valence-corrected chi connectivity index (χ2v) is 6.39. The van der Waals surface area contributed by atoms with Crippen molar-refractivity contribution in [2.24, 2.45) is 11.8 Å². The fraction of sp³-hybridized carbons (Fsp3) is 1.00. The second-order valence-electron chi connectivity index (χ2n) is 5.06. The van der Waals surface area contributed by atoms with E-state index >= 15 is 0 Å². The highest BCUT2D eigenvalue weighted by Gasteiger charge is 2.44. The lowest BCUT2D eigenvalue weighted by atomic mass is 9.97. The topological polar surface area (TPSA) is 40.5 Å². The van der Waals surface area contributed by atoms with E-state index in [1.807, 2.05) is 6.92 Å². The fourth-order valence-corrected chi connectivity index (χ4v) is 4.11. The molecule has 5 atom stereocenters. The lowest BCUT2D eigenvalue weighted by Gasteiger charge is -2.12. The molecule has 2 nitrogen and oxygen atoms in total. The van der Waals surface area contributed by atoms with Gasteiger partial charge in [-0.25, -0.2) is 0 Å². The van der Waals surface area contributed by atoms with E-state index in [1.165, 1.54) is 12.2 Å². The molecule has 0 amide bonds. The summed E-state index contributed by atoms with van der Waals surface area (Å²) in [5.41, 5.74) is 0. The van der Waals surface area contributed by atoms with Crippen LogP contribution >= 0.6 is 11.8 Å². The monoisotopic (exact) mass is 230 g/mol. The highest BCUT2D eigenvalue weighted by Crippen LogP contribution is 2.47. The van der Waals surface area contributed by atoms with Crippen molar-refractivity contribution in [2.75, 3.05) is 5.75 Å². The summed E-state index contributed by atoms with van der Waals surface area (Å²) in [7, 11) is 0. The summed E-state index contributed by atoms with van der Waals surface area (Å²) < 4.78 is 0. The quantitative estimate of drug-likeness (QED) is 0.759. The van der Waals surface area contributed by atoms with E-state index in [1.54, 1.807) is 0 Å². The molecule has 2 N–H and O–H groups in total. The Kier molecular flexibility index (Phi) is 3.97. The first-order chi connectivity index (χ1) is 7.20. The Morgan fingerprint density at radius 2 is 2.13 bits per heavy atom. The van der Waals surface area contributed by atoms with Crippen LogP contribution in [0.15, 0.2) is 0 Å². The van der Waals surface area contributed by atoms with Gasteiger partial charge < -0.3 is 10.2 Å². The molecular formula is C12H22O2S. The predicted molar refractivity (Wildman–Crippen MR) is 64.0 cm³/mol. The zero-order valence-corrected chi connectivity index (χ0v) is 10.2. The van der Waals surface area contributed by atoms with Gasteiger partial charge in [0.2, 0.25) is 0 Å². The average Bonchev–Trinajstić information content (AvgIpc) is 2.80. The van der Waals surface area contributed by atoms with Gasteiger partial charge >= 0.3 is 0 Å². The maximum atomic E-state index is 9.50. The molecule has 2 fully saturated rings. The van der Waals surface area contributed by atoms with Crippen LogP contribution < -0.4 is 0 Å². The first-order valence-electron chi connectivity index (χ1n) is 6.18. The number of hydrogen-bond donors (Lipinski definition) is 2. The summed E-state index contributed by atoms with van der Waals surface area (Å²) in [4.78, 5) is 0. The van der Waals surface area contributed by atoms with Crippen LogP contribution in [0.25, 0.3) is 0 Å². The average molecular weight is 230 g/mol. The van der Waals surface area contributed by atoms with Crippen LogP contribution in [-0.2, 0) is 0 Å². The van der Waals surface area contributed by atoms with Crippen LogP contribution in [-0.4, -0.2) is 33.4 Å². The van der Waals surface area contributed by atoms with Crippen LogP contribution in [0.5, 0.6) is 0 Å². The Labute approximate surface area is 96.5 Å². The molecule has 1 heterocycles. The third-order valence-corrected chi connectivity index (χ3v) is 5.34. The molecular weight excluding hydrogens is 208 g/mol. The smallest absolute Gasteiger partial charge is 0.0576 e. The highest BCUT2D eigenvalue weighted by molar-refractivity contribution is 8.00. The third kappa shape index (κ3) is 3.11. The Balaban J connectivity index is 1.64. The molecule has 1 saturated carbocycles. The van der Waals surface area contributed by atoms with Crippen molar-refractivity contribution in [3.05, 3.63) is 0 Å². The van der Waals surface area contributed by atoms with Crippen molar-refractivity contribution in [3.8, 4) is 0 Å². The Morgan fingerprint density at radius 1 is 1.40 bits per heavy atom. The minimum atomic E-state index is -0.101. The summed E-state index contributed by atoms with van der Waals surface area (Å²) >= 11 is 2.05. The van der Waals surface area contributed by atoms with Crippen LogP contribution in [0.2, 0.25) is 0 Å². The molecule has 2 rings (SSSR count). The van der Waals surface area contributed by atoms with E-state index in [4.69, 9.17) is 0 Å². The largest absolute Gasteiger partial charge is 0.393 e. The lowest BCUT2D eigenvalue weighted by Crippen LogP contribution is -2.10. The molecule has 3 heteroatoms. The van der Waals surface area contributed by atoms with Gasteiger partial charge in [0.25, 0.3) is 0 Å². The number of thioether (sulfide) groups is 1. The van der Waals surface area contributed by atoms with E-state index in [9.17, 15) is 10.2 Å². The van der Waals surface area contributed by atoms with Crippen molar-refractivity contribution in [1.29, 1.82) is 0 Å². The number of rotatable bonds is 5. The van der Waals surface area contributed by atoms with Gasteiger partial charge in [0, 0.05) is 5.25 Å². The Morgan fingerprint density at radius 3 is 2.73 bits per heavy atom. The molecule has 2 aliphatic rings. The molecule has 1 aliphatic carbocycles. The summed E-state index contributed by atoms with van der Waals surface area (Å²) in [5, 5.41) is 19.6. The van der Waals surface area contributed by atoms with Crippen LogP contribution in [0.1, 0.15) is 39.0 Å². The SMILES string of the molecule is CC[C@H](O)CCC1CC([C@@H]2CC2O)CS1. The first kappa shape index (κ1) is 11.7. The van der Waals surface area contributed by atoms with Crippen molar-refractivity contribution >= 4 is 11.8 Å². The highest BCUT2D eigenvalue weighted by atomic mass is 32.2. The van der Waals surface area contributed by atoms with Crippen molar-refractivity contribution in [3.63, 3.8) is 0 Å². The zero-order chi connectivity index (χ0) is 10.8. The van der Waals surface area contributed by atoms with Gasteiger partial charge in [-0.05, 0) is 49.7 Å². The minimum absolute atomic E-state index is 0.00980. The van der Waals surface area contributed by atoms with Crippen molar-refractivity contribution in [2.45, 2.75) is 56.5 Å². The number of hydrogen-bond acceptors (Lipinski definition) is 3. The zero-order valence-electron chi connectivity index (χ0n) is 9.43. The number of aliphatic hydroxyl groups is 2. The van der Waals surface area contributed by atoms with E-state index in [2.05, 4.69) is 11.8 Å². The van der Waals surface area contributed by atoms with Crippen LogP contribution in [0.4, 0.5) is 0 Å². The Bertz CT molecular complexity index is 210. The molecule has 0 aromatic heterocycles. The molecule has 3 unspecified atom stereocenters. The second kappa shape index (κ2) is 5.07. The Hall–Kier alpha value is 0.270. The summed E-state index contributed by atoms with van der Waals surface area (Å²) in [5.74, 6) is 2.60. The first-order valence-corrected chi connectivity index (χ1v) is 7.23. The summed E-state index contributed by atoms with van der Waals surface area (Å²) in [6.07, 6.45) is 5.19. The molecule has 0 bridgehead atoms. The normalized spacial score (nSPS) is 41.8. The molecule has 1 aliphatic heterocycles. The van der Waals surface area contributed by atoms with Crippen molar-refractivity contribution in [1.82, 2.24) is 0 Å². The standard InChI is InChI=1S/C12H22O2S/c1-2-9(13)3-4-10-5-8(7-15-10)11-6-12(11)14/h8-14H,2-7H2,1H3/t8?,9-,10?,11-,12?/m0/s1. The van der Waals surface area contributed by atoms with Gasteiger partial charge in [-0.3, -0.25) is 0 Å². The molecule has 0 aromatic carbocycles. The van der Waals surface area contributed by atoms with Gasteiger partial charge in [0.05, 0.1) is 12.2 Å². The van der Waals surface area contributed by atoms with Crippen molar-refractivity contribution < 1.29 is 10.2 Å². The lowest BCUT2D eigenvalue weighted by molar-refractivity contribution is 0.156. The molecule has 0 aromatic rings. The fourth-order valence-electron chi connectivity index (χ4n) is 2.52. The third-order valence-electron chi connectivity index (χ3n) is 3.82. The summed E-state index contributed by atoms with van der Waals surface area (Å²) in [6.45, 7) is 2.04. The maximum Gasteiger partial charge on any atom is 0.0576 e. The van der Waals surface area contributed by atoms with E-state index in [-0.39, 0.29) is 12.2 Å². The van der Waals surface area contributed by atoms with Gasteiger partial charge in [-0.2, -0.15) is 11.8 Å². The summed E-state index contributed by atoms with van der Waals surface area (Å²) in [6, 6.07) is 0. The van der Waals surface area contributed by atoms with Crippen LogP contribution in [0.3, 0.4) is 0 Å². The van der Waals surface area contributed by atoms with Gasteiger partial charge in [0.1, 0.15) is 0 Å².